The highest BCUT2D eigenvalue weighted by atomic mass is 16.5. The second-order valence-electron chi connectivity index (χ2n) is 9.06. The maximum absolute atomic E-state index is 12.8. The van der Waals surface area contributed by atoms with Crippen LogP contribution in [0.4, 0.5) is 4.79 Å². The van der Waals surface area contributed by atoms with E-state index >= 15 is 0 Å². The van der Waals surface area contributed by atoms with Crippen LogP contribution in [0, 0.1) is 0 Å². The summed E-state index contributed by atoms with van der Waals surface area (Å²) in [5, 5.41) is 5.65. The van der Waals surface area contributed by atoms with Crippen molar-refractivity contribution in [3.8, 4) is 5.75 Å². The number of ether oxygens (including phenoxy) is 2. The number of unbranched alkanes of at least 4 members (excludes halogenated alkanes) is 5. The van der Waals surface area contributed by atoms with Gasteiger partial charge in [-0.2, -0.15) is 0 Å². The molecule has 1 aliphatic heterocycles. The number of carbonyl (C=O) groups is 2. The molecule has 0 radical (unpaired) electrons. The number of carbonyl (C=O) groups excluding carboxylic acids is 2. The van der Waals surface area contributed by atoms with E-state index in [1.54, 1.807) is 13.8 Å². The third-order valence-corrected chi connectivity index (χ3v) is 6.23. The molecule has 0 aliphatic carbocycles. The van der Waals surface area contributed by atoms with Crippen LogP contribution in [-0.4, -0.2) is 25.2 Å². The lowest BCUT2D eigenvalue weighted by Crippen LogP contribution is -2.45. The van der Waals surface area contributed by atoms with Crippen LogP contribution in [0.25, 0.3) is 0 Å². The fourth-order valence-electron chi connectivity index (χ4n) is 4.50. The van der Waals surface area contributed by atoms with Gasteiger partial charge in [0.05, 0.1) is 24.8 Å². The highest BCUT2D eigenvalue weighted by Crippen LogP contribution is 2.37. The molecule has 6 nitrogen and oxygen atoms in total. The number of urea groups is 1. The molecular formula is C31H44N2O4. The molecule has 6 heteroatoms. The first-order valence-corrected chi connectivity index (χ1v) is 13.6. The second kappa shape index (κ2) is 17.2. The predicted octanol–water partition coefficient (Wildman–Crippen LogP) is 7.24. The van der Waals surface area contributed by atoms with Gasteiger partial charge >= 0.3 is 12.0 Å². The Kier molecular flexibility index (Phi) is 13.9. The summed E-state index contributed by atoms with van der Waals surface area (Å²) >= 11 is 0. The Morgan fingerprint density at radius 3 is 2.49 bits per heavy atom. The summed E-state index contributed by atoms with van der Waals surface area (Å²) in [4.78, 5) is 25.2. The zero-order valence-corrected chi connectivity index (χ0v) is 22.8. The molecule has 1 aliphatic rings. The number of allylic oxidation sites excluding steroid dienone is 6. The summed E-state index contributed by atoms with van der Waals surface area (Å²) < 4.78 is 11.3. The molecule has 1 aromatic carbocycles. The van der Waals surface area contributed by atoms with Crippen LogP contribution >= 0.6 is 0 Å². The average molecular weight is 509 g/mol. The molecule has 0 spiro atoms. The van der Waals surface area contributed by atoms with Crippen molar-refractivity contribution in [1.82, 2.24) is 10.6 Å². The molecule has 0 bridgehead atoms. The number of rotatable bonds is 17. The van der Waals surface area contributed by atoms with Gasteiger partial charge in [-0.1, -0.05) is 61.8 Å². The first-order chi connectivity index (χ1) is 18.0. The highest BCUT2D eigenvalue weighted by molar-refractivity contribution is 5.95. The van der Waals surface area contributed by atoms with Gasteiger partial charge < -0.3 is 20.1 Å². The molecule has 1 heterocycles. The molecule has 2 amide bonds. The van der Waals surface area contributed by atoms with Gasteiger partial charge in [-0.05, 0) is 70.9 Å². The summed E-state index contributed by atoms with van der Waals surface area (Å²) in [5.41, 5.74) is 2.85. The van der Waals surface area contributed by atoms with Crippen LogP contribution in [0.5, 0.6) is 5.75 Å². The summed E-state index contributed by atoms with van der Waals surface area (Å²) in [6, 6.07) is 4.99. The third-order valence-electron chi connectivity index (χ3n) is 6.23. The number of nitrogens with one attached hydrogen (secondary N) is 2. The van der Waals surface area contributed by atoms with Crippen LogP contribution in [0.1, 0.15) is 89.3 Å². The SMILES string of the molecule is C=CC/C=C/C/C=C/CCCCCCCc1cccc(OCC)c1C1NC(=O)NC(C)=C1C(=O)OCC. The minimum atomic E-state index is -0.621. The number of aryl methyl sites for hydroxylation is 1. The largest absolute Gasteiger partial charge is 0.493 e. The average Bonchev–Trinajstić information content (AvgIpc) is 2.86. The molecular weight excluding hydrogens is 464 g/mol. The summed E-state index contributed by atoms with van der Waals surface area (Å²) in [6.45, 7) is 9.91. The number of hydrogen-bond donors (Lipinski definition) is 2. The number of esters is 1. The number of benzene rings is 1. The predicted molar refractivity (Wildman–Crippen MR) is 150 cm³/mol. The lowest BCUT2D eigenvalue weighted by molar-refractivity contribution is -0.139. The van der Waals surface area contributed by atoms with E-state index in [1.165, 1.54) is 19.3 Å². The lowest BCUT2D eigenvalue weighted by atomic mass is 9.89. The van der Waals surface area contributed by atoms with Gasteiger partial charge in [-0.25, -0.2) is 9.59 Å². The quantitative estimate of drug-likeness (QED) is 0.132. The third kappa shape index (κ3) is 9.95. The van der Waals surface area contributed by atoms with E-state index in [4.69, 9.17) is 9.47 Å². The van der Waals surface area contributed by atoms with Gasteiger partial charge in [-0.3, -0.25) is 0 Å². The van der Waals surface area contributed by atoms with E-state index in [-0.39, 0.29) is 12.6 Å². The maximum Gasteiger partial charge on any atom is 0.338 e. The monoisotopic (exact) mass is 508 g/mol. The minimum absolute atomic E-state index is 0.263. The van der Waals surface area contributed by atoms with Crippen LogP contribution in [0.15, 0.2) is 66.4 Å². The van der Waals surface area contributed by atoms with E-state index in [1.807, 2.05) is 25.1 Å². The first-order valence-electron chi connectivity index (χ1n) is 13.6. The van der Waals surface area contributed by atoms with Crippen LogP contribution < -0.4 is 15.4 Å². The Hall–Kier alpha value is -3.28. The molecule has 1 aromatic rings. The molecule has 202 valence electrons. The van der Waals surface area contributed by atoms with Crippen molar-refractivity contribution in [3.05, 3.63) is 77.6 Å². The molecule has 1 atom stereocenters. The van der Waals surface area contributed by atoms with E-state index in [9.17, 15) is 9.59 Å². The van der Waals surface area contributed by atoms with E-state index in [0.29, 0.717) is 23.6 Å². The summed E-state index contributed by atoms with van der Waals surface area (Å²) in [5.74, 6) is 0.254. The van der Waals surface area contributed by atoms with E-state index in [2.05, 4.69) is 47.6 Å². The van der Waals surface area contributed by atoms with Crippen molar-refractivity contribution >= 4 is 12.0 Å². The fourth-order valence-corrected chi connectivity index (χ4v) is 4.50. The number of amides is 2. The molecule has 0 fully saturated rings. The van der Waals surface area contributed by atoms with Crippen molar-refractivity contribution in [2.24, 2.45) is 0 Å². The van der Waals surface area contributed by atoms with Gasteiger partial charge in [0.1, 0.15) is 5.75 Å². The van der Waals surface area contributed by atoms with Crippen molar-refractivity contribution in [3.63, 3.8) is 0 Å². The van der Waals surface area contributed by atoms with Gasteiger partial charge in [0.25, 0.3) is 0 Å². The summed E-state index contributed by atoms with van der Waals surface area (Å²) in [7, 11) is 0. The molecule has 1 unspecified atom stereocenters. The van der Waals surface area contributed by atoms with Crippen LogP contribution in [0.2, 0.25) is 0 Å². The van der Waals surface area contributed by atoms with Crippen molar-refractivity contribution in [2.75, 3.05) is 13.2 Å². The zero-order valence-electron chi connectivity index (χ0n) is 22.8. The highest BCUT2D eigenvalue weighted by Gasteiger charge is 2.35. The normalized spacial score (nSPS) is 15.6. The van der Waals surface area contributed by atoms with E-state index < -0.39 is 12.0 Å². The van der Waals surface area contributed by atoms with Crippen LogP contribution in [0.3, 0.4) is 0 Å². The molecule has 2 N–H and O–H groups in total. The Bertz CT molecular complexity index is 977. The van der Waals surface area contributed by atoms with Crippen molar-refractivity contribution in [2.45, 2.75) is 84.6 Å². The molecule has 2 rings (SSSR count). The van der Waals surface area contributed by atoms with Crippen molar-refractivity contribution in [1.29, 1.82) is 0 Å². The Balaban J connectivity index is 2.00. The number of hydrogen-bond acceptors (Lipinski definition) is 4. The van der Waals surface area contributed by atoms with Gasteiger partial charge in [0, 0.05) is 11.3 Å². The maximum atomic E-state index is 12.8. The topological polar surface area (TPSA) is 76.7 Å². The standard InChI is InChI=1S/C31H44N2O4/c1-5-8-9-10-11-12-13-14-15-16-17-18-19-21-25-22-20-23-26(36-6-2)28(25)29-27(30(34)37-7-3)24(4)32-31(35)33-29/h5,9-10,12-13,20,22-23,29H,1,6-8,11,14-19,21H2,2-4H3,(H2,32,33,35)/b10-9+,13-12+. The van der Waals surface area contributed by atoms with Gasteiger partial charge in [-0.15, -0.1) is 6.58 Å². The second-order valence-corrected chi connectivity index (χ2v) is 9.06. The van der Waals surface area contributed by atoms with Crippen molar-refractivity contribution < 1.29 is 19.1 Å². The molecule has 0 aromatic heterocycles. The smallest absolute Gasteiger partial charge is 0.338 e. The zero-order chi connectivity index (χ0) is 26.9. The lowest BCUT2D eigenvalue weighted by Gasteiger charge is -2.30. The summed E-state index contributed by atoms with van der Waals surface area (Å²) in [6.07, 6.45) is 20.4. The molecule has 0 saturated heterocycles. The Labute approximate surface area is 222 Å². The van der Waals surface area contributed by atoms with Crippen LogP contribution in [-0.2, 0) is 16.0 Å². The fraction of sp³-hybridized carbons (Fsp3) is 0.484. The van der Waals surface area contributed by atoms with E-state index in [0.717, 1.165) is 49.7 Å². The minimum Gasteiger partial charge on any atom is -0.493 e. The first kappa shape index (κ1) is 29.9. The molecule has 0 saturated carbocycles. The van der Waals surface area contributed by atoms with Gasteiger partial charge in [0.2, 0.25) is 0 Å². The van der Waals surface area contributed by atoms with Gasteiger partial charge in [0.15, 0.2) is 0 Å². The Morgan fingerprint density at radius 2 is 1.73 bits per heavy atom. The molecule has 37 heavy (non-hydrogen) atoms. The Morgan fingerprint density at radius 1 is 1.00 bits per heavy atom.